The van der Waals surface area contributed by atoms with Gasteiger partial charge in [0.15, 0.2) is 0 Å². The first-order valence-corrected chi connectivity index (χ1v) is 6.21. The lowest BCUT2D eigenvalue weighted by atomic mass is 10.2. The second-order valence-corrected chi connectivity index (χ2v) is 4.67. The van der Waals surface area contributed by atoms with E-state index in [4.69, 9.17) is 5.11 Å². The first kappa shape index (κ1) is 14.8. The van der Waals surface area contributed by atoms with Gasteiger partial charge in [-0.25, -0.2) is 14.0 Å². The van der Waals surface area contributed by atoms with Crippen molar-refractivity contribution in [1.82, 2.24) is 9.80 Å². The number of hydrogen-bond donors (Lipinski definition) is 2. The van der Waals surface area contributed by atoms with Gasteiger partial charge in [0, 0.05) is 20.1 Å². The van der Waals surface area contributed by atoms with E-state index in [2.05, 4.69) is 5.32 Å². The minimum Gasteiger partial charge on any atom is -0.478 e. The van der Waals surface area contributed by atoms with Gasteiger partial charge in [0.1, 0.15) is 12.4 Å². The van der Waals surface area contributed by atoms with Crippen molar-refractivity contribution < 1.29 is 23.9 Å². The molecule has 112 valence electrons. The van der Waals surface area contributed by atoms with E-state index < -0.39 is 17.8 Å². The number of hydrogen-bond acceptors (Lipinski definition) is 3. The Balaban J connectivity index is 2.06. The fraction of sp³-hybridized carbons (Fsp3) is 0.308. The topological polar surface area (TPSA) is 89.9 Å². The average molecular weight is 295 g/mol. The van der Waals surface area contributed by atoms with Crippen molar-refractivity contribution in [2.45, 2.75) is 0 Å². The molecule has 0 aromatic heterocycles. The molecule has 0 radical (unpaired) electrons. The number of likely N-dealkylation sites (N-methyl/N-ethyl adjacent to an activating group) is 1. The predicted molar refractivity (Wildman–Crippen MR) is 71.6 cm³/mol. The van der Waals surface area contributed by atoms with Gasteiger partial charge in [-0.15, -0.1) is 0 Å². The van der Waals surface area contributed by atoms with Crippen molar-refractivity contribution in [2.24, 2.45) is 0 Å². The Morgan fingerprint density at radius 3 is 2.62 bits per heavy atom. The van der Waals surface area contributed by atoms with Crippen LogP contribution in [0.3, 0.4) is 0 Å². The first-order valence-electron chi connectivity index (χ1n) is 6.21. The number of urea groups is 1. The van der Waals surface area contributed by atoms with Crippen LogP contribution in [0.2, 0.25) is 0 Å². The number of piperazine rings is 1. The SMILES string of the molecule is CN1CCN(C(=O)Nc2ccc(C(=O)O)cc2F)CC1=O. The zero-order chi connectivity index (χ0) is 15.6. The summed E-state index contributed by atoms with van der Waals surface area (Å²) in [6.45, 7) is 0.687. The summed E-state index contributed by atoms with van der Waals surface area (Å²) in [6, 6.07) is 2.59. The fourth-order valence-corrected chi connectivity index (χ4v) is 1.88. The van der Waals surface area contributed by atoms with Crippen LogP contribution in [-0.4, -0.2) is 59.5 Å². The molecule has 1 saturated heterocycles. The number of carboxylic acid groups (broad SMARTS) is 1. The molecule has 8 heteroatoms. The molecule has 1 aliphatic heterocycles. The molecule has 1 aromatic carbocycles. The number of amides is 3. The number of aromatic carboxylic acids is 1. The number of halogens is 1. The van der Waals surface area contributed by atoms with Gasteiger partial charge in [-0.05, 0) is 18.2 Å². The smallest absolute Gasteiger partial charge is 0.335 e. The summed E-state index contributed by atoms with van der Waals surface area (Å²) in [5.41, 5.74) is -0.336. The van der Waals surface area contributed by atoms with Gasteiger partial charge in [0.05, 0.1) is 11.3 Å². The summed E-state index contributed by atoms with van der Waals surface area (Å²) in [4.78, 5) is 36.9. The van der Waals surface area contributed by atoms with Crippen molar-refractivity contribution in [3.05, 3.63) is 29.6 Å². The summed E-state index contributed by atoms with van der Waals surface area (Å²) in [7, 11) is 1.64. The van der Waals surface area contributed by atoms with Gasteiger partial charge in [0.25, 0.3) is 0 Å². The minimum absolute atomic E-state index is 0.0723. The Labute approximate surface area is 119 Å². The van der Waals surface area contributed by atoms with Crippen LogP contribution in [0, 0.1) is 5.82 Å². The van der Waals surface area contributed by atoms with E-state index >= 15 is 0 Å². The Bertz CT molecular complexity index is 605. The molecule has 0 spiro atoms. The number of nitrogens with one attached hydrogen (secondary N) is 1. The number of carbonyl (C=O) groups is 3. The second-order valence-electron chi connectivity index (χ2n) is 4.67. The zero-order valence-electron chi connectivity index (χ0n) is 11.3. The summed E-state index contributed by atoms with van der Waals surface area (Å²) in [5, 5.41) is 11.1. The molecule has 1 heterocycles. The minimum atomic E-state index is -1.25. The highest BCUT2D eigenvalue weighted by Gasteiger charge is 2.25. The highest BCUT2D eigenvalue weighted by molar-refractivity contribution is 5.94. The van der Waals surface area contributed by atoms with Gasteiger partial charge >= 0.3 is 12.0 Å². The van der Waals surface area contributed by atoms with Gasteiger partial charge in [0.2, 0.25) is 5.91 Å². The van der Waals surface area contributed by atoms with E-state index in [0.29, 0.717) is 13.1 Å². The number of rotatable bonds is 2. The average Bonchev–Trinajstić information content (AvgIpc) is 2.43. The maximum Gasteiger partial charge on any atom is 0.335 e. The quantitative estimate of drug-likeness (QED) is 0.845. The standard InChI is InChI=1S/C13H14FN3O4/c1-16-4-5-17(7-11(16)18)13(21)15-10-3-2-8(12(19)20)6-9(10)14/h2-3,6H,4-5,7H2,1H3,(H,15,21)(H,19,20). The monoisotopic (exact) mass is 295 g/mol. The molecule has 1 aliphatic rings. The summed E-state index contributed by atoms with van der Waals surface area (Å²) >= 11 is 0. The third-order valence-electron chi connectivity index (χ3n) is 3.20. The van der Waals surface area contributed by atoms with Crippen LogP contribution in [0.5, 0.6) is 0 Å². The Hall–Kier alpha value is -2.64. The maximum atomic E-state index is 13.7. The second kappa shape index (κ2) is 5.78. The van der Waals surface area contributed by atoms with Crippen LogP contribution in [0.15, 0.2) is 18.2 Å². The normalized spacial score (nSPS) is 15.0. The molecular formula is C13H14FN3O4. The number of nitrogens with zero attached hydrogens (tertiary/aromatic N) is 2. The van der Waals surface area contributed by atoms with Crippen molar-refractivity contribution >= 4 is 23.6 Å². The van der Waals surface area contributed by atoms with E-state index in [9.17, 15) is 18.8 Å². The van der Waals surface area contributed by atoms with Gasteiger partial charge in [-0.1, -0.05) is 0 Å². The van der Waals surface area contributed by atoms with E-state index in [1.54, 1.807) is 7.05 Å². The highest BCUT2D eigenvalue weighted by atomic mass is 19.1. The summed E-state index contributed by atoms with van der Waals surface area (Å²) in [5.74, 6) is -2.29. The maximum absolute atomic E-state index is 13.7. The molecular weight excluding hydrogens is 281 g/mol. The molecule has 7 nitrogen and oxygen atoms in total. The molecule has 2 rings (SSSR count). The molecule has 0 atom stereocenters. The largest absolute Gasteiger partial charge is 0.478 e. The lowest BCUT2D eigenvalue weighted by molar-refractivity contribution is -0.133. The first-order chi connectivity index (χ1) is 9.88. The molecule has 0 aliphatic carbocycles. The Kier molecular flexibility index (Phi) is 4.06. The zero-order valence-corrected chi connectivity index (χ0v) is 11.3. The molecule has 0 bridgehead atoms. The van der Waals surface area contributed by atoms with E-state index in [0.717, 1.165) is 6.07 Å². The predicted octanol–water partition coefficient (Wildman–Crippen LogP) is 0.830. The number of carboxylic acids is 1. The third kappa shape index (κ3) is 3.28. The molecule has 21 heavy (non-hydrogen) atoms. The molecule has 0 unspecified atom stereocenters. The van der Waals surface area contributed by atoms with Crippen LogP contribution in [0.1, 0.15) is 10.4 Å². The molecule has 1 aromatic rings. The van der Waals surface area contributed by atoms with E-state index in [1.807, 2.05) is 0 Å². The lowest BCUT2D eigenvalue weighted by Crippen LogP contribution is -2.51. The Morgan fingerprint density at radius 2 is 2.05 bits per heavy atom. The third-order valence-corrected chi connectivity index (χ3v) is 3.20. The van der Waals surface area contributed by atoms with Crippen molar-refractivity contribution in [2.75, 3.05) is 32.0 Å². The van der Waals surface area contributed by atoms with Crippen LogP contribution in [-0.2, 0) is 4.79 Å². The summed E-state index contributed by atoms with van der Waals surface area (Å²) in [6.07, 6.45) is 0. The van der Waals surface area contributed by atoms with Crippen LogP contribution >= 0.6 is 0 Å². The fourth-order valence-electron chi connectivity index (χ4n) is 1.88. The summed E-state index contributed by atoms with van der Waals surface area (Å²) < 4.78 is 13.7. The van der Waals surface area contributed by atoms with Crippen LogP contribution < -0.4 is 5.32 Å². The number of benzene rings is 1. The number of carbonyl (C=O) groups excluding carboxylic acids is 2. The van der Waals surface area contributed by atoms with Crippen molar-refractivity contribution in [3.8, 4) is 0 Å². The van der Waals surface area contributed by atoms with Crippen LogP contribution in [0.4, 0.5) is 14.9 Å². The van der Waals surface area contributed by atoms with Crippen molar-refractivity contribution in [3.63, 3.8) is 0 Å². The van der Waals surface area contributed by atoms with Gasteiger partial charge in [-0.3, -0.25) is 4.79 Å². The van der Waals surface area contributed by atoms with Gasteiger partial charge in [-0.2, -0.15) is 0 Å². The highest BCUT2D eigenvalue weighted by Crippen LogP contribution is 2.17. The van der Waals surface area contributed by atoms with Gasteiger partial charge < -0.3 is 20.2 Å². The number of anilines is 1. The molecule has 0 saturated carbocycles. The molecule has 3 amide bonds. The lowest BCUT2D eigenvalue weighted by Gasteiger charge is -2.31. The van der Waals surface area contributed by atoms with Crippen LogP contribution in [0.25, 0.3) is 0 Å². The van der Waals surface area contributed by atoms with Crippen molar-refractivity contribution in [1.29, 1.82) is 0 Å². The van der Waals surface area contributed by atoms with E-state index in [-0.39, 0.29) is 23.7 Å². The van der Waals surface area contributed by atoms with E-state index in [1.165, 1.54) is 21.9 Å². The Morgan fingerprint density at radius 1 is 1.33 bits per heavy atom. The molecule has 2 N–H and O–H groups in total. The molecule has 1 fully saturated rings.